The molecule has 1 heterocycles. The van der Waals surface area contributed by atoms with Gasteiger partial charge in [0.1, 0.15) is 11.6 Å². The highest BCUT2D eigenvalue weighted by molar-refractivity contribution is 5.55. The molecule has 0 spiro atoms. The quantitative estimate of drug-likeness (QED) is 0.620. The molecule has 0 aliphatic rings. The third kappa shape index (κ3) is 4.69. The van der Waals surface area contributed by atoms with Crippen LogP contribution in [-0.2, 0) is 19.3 Å². The van der Waals surface area contributed by atoms with Crippen LogP contribution in [0.1, 0.15) is 30.0 Å². The predicted octanol–water partition coefficient (Wildman–Crippen LogP) is 5.16. The molecular weight excluding hydrogens is 318 g/mol. The van der Waals surface area contributed by atoms with Crippen molar-refractivity contribution in [2.24, 2.45) is 0 Å². The second kappa shape index (κ2) is 7.97. The minimum Gasteiger partial charge on any atom is -0.236 e. The molecule has 2 aromatic carbocycles. The van der Waals surface area contributed by atoms with Gasteiger partial charge >= 0.3 is 0 Å². The zero-order valence-corrected chi connectivity index (χ0v) is 14.2. The van der Waals surface area contributed by atoms with Gasteiger partial charge in [-0.2, -0.15) is 0 Å². The molecule has 0 bridgehead atoms. The molecule has 0 N–H and O–H groups in total. The smallest absolute Gasteiger partial charge is 0.159 e. The summed E-state index contributed by atoms with van der Waals surface area (Å²) in [5, 5.41) is 0. The van der Waals surface area contributed by atoms with E-state index < -0.39 is 11.6 Å². The molecule has 1 aromatic heterocycles. The lowest BCUT2D eigenvalue weighted by Gasteiger charge is -2.05. The van der Waals surface area contributed by atoms with Crippen LogP contribution in [0.25, 0.3) is 11.4 Å². The second-order valence-electron chi connectivity index (χ2n) is 6.14. The molecule has 0 aliphatic carbocycles. The maximum atomic E-state index is 13.2. The van der Waals surface area contributed by atoms with E-state index >= 15 is 0 Å². The Morgan fingerprint density at radius 1 is 0.720 bits per heavy atom. The van der Waals surface area contributed by atoms with Crippen LogP contribution in [0.3, 0.4) is 0 Å². The molecule has 0 saturated heterocycles. The van der Waals surface area contributed by atoms with Crippen molar-refractivity contribution in [1.29, 1.82) is 0 Å². The van der Waals surface area contributed by atoms with Crippen molar-refractivity contribution in [1.82, 2.24) is 9.97 Å². The standard InChI is InChI=1S/C21H20F2N2/c1-2-3-17-13-24-21(25-14-17)18-8-6-15(7-9-18)4-5-16-10-19(22)12-20(23)11-16/h6-14H,2-5H2,1H3. The summed E-state index contributed by atoms with van der Waals surface area (Å²) in [5.41, 5.74) is 3.88. The average molecular weight is 338 g/mol. The molecular formula is C21H20F2N2. The van der Waals surface area contributed by atoms with E-state index in [1.807, 2.05) is 36.7 Å². The predicted molar refractivity (Wildman–Crippen MR) is 95.2 cm³/mol. The van der Waals surface area contributed by atoms with Gasteiger partial charge in [0, 0.05) is 24.0 Å². The minimum atomic E-state index is -0.533. The van der Waals surface area contributed by atoms with Gasteiger partial charge in [-0.15, -0.1) is 0 Å². The minimum absolute atomic E-state index is 0.533. The summed E-state index contributed by atoms with van der Waals surface area (Å²) in [5.74, 6) is -0.360. The number of hydrogen-bond acceptors (Lipinski definition) is 2. The Balaban J connectivity index is 1.65. The van der Waals surface area contributed by atoms with Gasteiger partial charge in [-0.1, -0.05) is 37.6 Å². The number of hydrogen-bond donors (Lipinski definition) is 0. The molecule has 0 amide bonds. The third-order valence-corrected chi connectivity index (χ3v) is 4.08. The van der Waals surface area contributed by atoms with Crippen molar-refractivity contribution >= 4 is 0 Å². The van der Waals surface area contributed by atoms with E-state index in [-0.39, 0.29) is 0 Å². The van der Waals surface area contributed by atoms with Crippen LogP contribution in [-0.4, -0.2) is 9.97 Å². The van der Waals surface area contributed by atoms with Gasteiger partial charge in [-0.3, -0.25) is 0 Å². The molecule has 0 aliphatic heterocycles. The van der Waals surface area contributed by atoms with Crippen molar-refractivity contribution < 1.29 is 8.78 Å². The lowest BCUT2D eigenvalue weighted by molar-refractivity contribution is 0.579. The average Bonchev–Trinajstić information content (AvgIpc) is 2.61. The zero-order valence-electron chi connectivity index (χ0n) is 14.2. The number of halogens is 2. The number of nitrogens with zero attached hydrogens (tertiary/aromatic N) is 2. The summed E-state index contributed by atoms with van der Waals surface area (Å²) in [7, 11) is 0. The first kappa shape index (κ1) is 17.2. The summed E-state index contributed by atoms with van der Waals surface area (Å²) in [6.07, 6.45) is 7.12. The lowest BCUT2D eigenvalue weighted by atomic mass is 10.0. The van der Waals surface area contributed by atoms with E-state index in [4.69, 9.17) is 0 Å². The SMILES string of the molecule is CCCc1cnc(-c2ccc(CCc3cc(F)cc(F)c3)cc2)nc1. The van der Waals surface area contributed by atoms with Gasteiger partial charge in [-0.05, 0) is 48.1 Å². The van der Waals surface area contributed by atoms with Crippen molar-refractivity contribution in [3.8, 4) is 11.4 Å². The first-order valence-corrected chi connectivity index (χ1v) is 8.49. The molecule has 0 saturated carbocycles. The summed E-state index contributed by atoms with van der Waals surface area (Å²) in [6, 6.07) is 11.6. The van der Waals surface area contributed by atoms with Crippen LogP contribution < -0.4 is 0 Å². The molecule has 25 heavy (non-hydrogen) atoms. The molecule has 0 radical (unpaired) electrons. The molecule has 128 valence electrons. The molecule has 3 rings (SSSR count). The molecule has 0 atom stereocenters. The Morgan fingerprint density at radius 2 is 1.32 bits per heavy atom. The van der Waals surface area contributed by atoms with Gasteiger partial charge in [0.05, 0.1) is 0 Å². The van der Waals surface area contributed by atoms with Crippen LogP contribution in [0.2, 0.25) is 0 Å². The summed E-state index contributed by atoms with van der Waals surface area (Å²) in [6.45, 7) is 2.13. The largest absolute Gasteiger partial charge is 0.236 e. The molecule has 4 heteroatoms. The van der Waals surface area contributed by atoms with Crippen molar-refractivity contribution in [3.05, 3.63) is 83.2 Å². The maximum Gasteiger partial charge on any atom is 0.159 e. The van der Waals surface area contributed by atoms with E-state index in [1.54, 1.807) is 0 Å². The maximum absolute atomic E-state index is 13.2. The van der Waals surface area contributed by atoms with Gasteiger partial charge in [-0.25, -0.2) is 18.7 Å². The number of rotatable bonds is 6. The Bertz CT molecular complexity index is 807. The van der Waals surface area contributed by atoms with Gasteiger partial charge in [0.2, 0.25) is 0 Å². The van der Waals surface area contributed by atoms with Gasteiger partial charge in [0.25, 0.3) is 0 Å². The lowest BCUT2D eigenvalue weighted by Crippen LogP contribution is -1.95. The third-order valence-electron chi connectivity index (χ3n) is 4.08. The fraction of sp³-hybridized carbons (Fsp3) is 0.238. The number of aryl methyl sites for hydroxylation is 3. The zero-order chi connectivity index (χ0) is 17.6. The van der Waals surface area contributed by atoms with Gasteiger partial charge in [0.15, 0.2) is 5.82 Å². The molecule has 0 unspecified atom stereocenters. The normalized spacial score (nSPS) is 10.8. The monoisotopic (exact) mass is 338 g/mol. The van der Waals surface area contributed by atoms with Crippen LogP contribution >= 0.6 is 0 Å². The van der Waals surface area contributed by atoms with Gasteiger partial charge < -0.3 is 0 Å². The summed E-state index contributed by atoms with van der Waals surface area (Å²) < 4.78 is 26.4. The van der Waals surface area contributed by atoms with E-state index in [2.05, 4.69) is 16.9 Å². The first-order chi connectivity index (χ1) is 12.1. The number of benzene rings is 2. The highest BCUT2D eigenvalue weighted by Gasteiger charge is 2.04. The Labute approximate surface area is 146 Å². The Morgan fingerprint density at radius 3 is 1.92 bits per heavy atom. The van der Waals surface area contributed by atoms with Crippen LogP contribution in [0.15, 0.2) is 54.9 Å². The Kier molecular flexibility index (Phi) is 5.49. The highest BCUT2D eigenvalue weighted by Crippen LogP contribution is 2.17. The second-order valence-corrected chi connectivity index (χ2v) is 6.14. The van der Waals surface area contributed by atoms with E-state index in [0.717, 1.165) is 42.0 Å². The van der Waals surface area contributed by atoms with Crippen LogP contribution in [0.4, 0.5) is 8.78 Å². The molecule has 3 aromatic rings. The summed E-state index contributed by atoms with van der Waals surface area (Å²) in [4.78, 5) is 8.83. The molecule has 0 fully saturated rings. The van der Waals surface area contributed by atoms with Crippen LogP contribution in [0.5, 0.6) is 0 Å². The molecule has 2 nitrogen and oxygen atoms in total. The van der Waals surface area contributed by atoms with E-state index in [9.17, 15) is 8.78 Å². The van der Waals surface area contributed by atoms with Crippen molar-refractivity contribution in [3.63, 3.8) is 0 Å². The summed E-state index contributed by atoms with van der Waals surface area (Å²) >= 11 is 0. The van der Waals surface area contributed by atoms with Crippen LogP contribution in [0, 0.1) is 11.6 Å². The van der Waals surface area contributed by atoms with Crippen molar-refractivity contribution in [2.75, 3.05) is 0 Å². The highest BCUT2D eigenvalue weighted by atomic mass is 19.1. The fourth-order valence-corrected chi connectivity index (χ4v) is 2.79. The first-order valence-electron chi connectivity index (χ1n) is 8.49. The topological polar surface area (TPSA) is 25.8 Å². The Hall–Kier alpha value is -2.62. The van der Waals surface area contributed by atoms with E-state index in [0.29, 0.717) is 17.8 Å². The van der Waals surface area contributed by atoms with Crippen molar-refractivity contribution in [2.45, 2.75) is 32.6 Å². The fourth-order valence-electron chi connectivity index (χ4n) is 2.79. The van der Waals surface area contributed by atoms with E-state index in [1.165, 1.54) is 12.1 Å². The number of aromatic nitrogens is 2.